The summed E-state index contributed by atoms with van der Waals surface area (Å²) in [4.78, 5) is 5.31. The second-order valence-electron chi connectivity index (χ2n) is 6.55. The van der Waals surface area contributed by atoms with Gasteiger partial charge in [0.2, 0.25) is 0 Å². The standard InChI is InChI=1S/C16H36N2Si/c1-12(2)17(13(3)4)16(10-9-11-19)18(14(5)6)15(7)8/h9,11-16H,10H2,1-8,19H3. The van der Waals surface area contributed by atoms with Gasteiger partial charge in [0.15, 0.2) is 0 Å². The van der Waals surface area contributed by atoms with Crippen molar-refractivity contribution in [3.63, 3.8) is 0 Å². The van der Waals surface area contributed by atoms with E-state index >= 15 is 0 Å². The molecule has 2 nitrogen and oxygen atoms in total. The fraction of sp³-hybridized carbons (Fsp3) is 0.875. The monoisotopic (exact) mass is 284 g/mol. The molecule has 0 radical (unpaired) electrons. The lowest BCUT2D eigenvalue weighted by atomic mass is 10.1. The summed E-state index contributed by atoms with van der Waals surface area (Å²) in [6.45, 7) is 18.5. The SMILES string of the molecule is CC(C)N(C(C)C)C(CC=C[SiH3])N(C(C)C)C(C)C. The highest BCUT2D eigenvalue weighted by molar-refractivity contribution is 6.16. The average molecular weight is 285 g/mol. The first-order chi connectivity index (χ1) is 8.73. The molecule has 0 aromatic rings. The van der Waals surface area contributed by atoms with Crippen LogP contribution in [-0.4, -0.2) is 50.4 Å². The van der Waals surface area contributed by atoms with Crippen LogP contribution in [0.2, 0.25) is 0 Å². The van der Waals surface area contributed by atoms with E-state index in [1.54, 1.807) is 0 Å². The highest BCUT2D eigenvalue weighted by Gasteiger charge is 2.31. The van der Waals surface area contributed by atoms with Crippen molar-refractivity contribution in [3.05, 3.63) is 11.8 Å². The lowest BCUT2D eigenvalue weighted by Crippen LogP contribution is -2.57. The Kier molecular flexibility index (Phi) is 8.87. The Morgan fingerprint density at radius 1 is 0.737 bits per heavy atom. The molecule has 0 aromatic heterocycles. The predicted molar refractivity (Wildman–Crippen MR) is 91.7 cm³/mol. The summed E-state index contributed by atoms with van der Waals surface area (Å²) in [5.41, 5.74) is 2.31. The van der Waals surface area contributed by atoms with E-state index in [0.29, 0.717) is 30.3 Å². The van der Waals surface area contributed by atoms with E-state index in [0.717, 1.165) is 16.7 Å². The quantitative estimate of drug-likeness (QED) is 0.499. The van der Waals surface area contributed by atoms with Gasteiger partial charge in [0.05, 0.1) is 6.17 Å². The molecular weight excluding hydrogens is 248 g/mol. The van der Waals surface area contributed by atoms with E-state index in [1.165, 1.54) is 0 Å². The van der Waals surface area contributed by atoms with Crippen LogP contribution in [0.4, 0.5) is 0 Å². The van der Waals surface area contributed by atoms with Crippen molar-refractivity contribution >= 4 is 10.2 Å². The number of nitrogens with zero attached hydrogens (tertiary/aromatic N) is 2. The maximum absolute atomic E-state index is 2.65. The molecule has 0 aliphatic carbocycles. The summed E-state index contributed by atoms with van der Waals surface area (Å²) in [6.07, 6.45) is 4.01. The van der Waals surface area contributed by atoms with Crippen LogP contribution in [0.5, 0.6) is 0 Å². The van der Waals surface area contributed by atoms with Crippen LogP contribution in [0, 0.1) is 0 Å². The molecule has 0 fully saturated rings. The summed E-state index contributed by atoms with van der Waals surface area (Å²) in [5, 5.41) is 0. The molecule has 0 saturated carbocycles. The number of hydrogen-bond donors (Lipinski definition) is 0. The summed E-state index contributed by atoms with van der Waals surface area (Å²) in [6, 6.07) is 2.31. The Morgan fingerprint density at radius 2 is 1.05 bits per heavy atom. The molecule has 0 heterocycles. The van der Waals surface area contributed by atoms with Crippen LogP contribution in [0.3, 0.4) is 0 Å². The maximum Gasteiger partial charge on any atom is 0.0666 e. The van der Waals surface area contributed by atoms with Crippen molar-refractivity contribution < 1.29 is 0 Å². The second-order valence-corrected chi connectivity index (χ2v) is 7.22. The zero-order chi connectivity index (χ0) is 15.2. The Balaban J connectivity index is 5.36. The van der Waals surface area contributed by atoms with Gasteiger partial charge in [0.1, 0.15) is 0 Å². The smallest absolute Gasteiger partial charge is 0.0666 e. The predicted octanol–water partition coefficient (Wildman–Crippen LogP) is 2.82. The van der Waals surface area contributed by atoms with Crippen molar-refractivity contribution in [2.24, 2.45) is 0 Å². The van der Waals surface area contributed by atoms with Crippen LogP contribution in [0.1, 0.15) is 61.8 Å². The number of hydrogen-bond acceptors (Lipinski definition) is 2. The van der Waals surface area contributed by atoms with Gasteiger partial charge in [0.25, 0.3) is 0 Å². The molecule has 19 heavy (non-hydrogen) atoms. The molecule has 0 spiro atoms. The normalized spacial score (nSPS) is 13.8. The van der Waals surface area contributed by atoms with Crippen molar-refractivity contribution in [3.8, 4) is 0 Å². The lowest BCUT2D eigenvalue weighted by molar-refractivity contribution is -0.0330. The second kappa shape index (κ2) is 8.93. The van der Waals surface area contributed by atoms with Gasteiger partial charge in [-0.2, -0.15) is 0 Å². The van der Waals surface area contributed by atoms with Crippen LogP contribution < -0.4 is 0 Å². The molecule has 3 heteroatoms. The molecule has 0 aliphatic heterocycles. The topological polar surface area (TPSA) is 6.48 Å². The van der Waals surface area contributed by atoms with Crippen LogP contribution >= 0.6 is 0 Å². The van der Waals surface area contributed by atoms with Crippen LogP contribution in [-0.2, 0) is 0 Å². The fourth-order valence-electron chi connectivity index (χ4n) is 3.22. The van der Waals surface area contributed by atoms with E-state index in [2.05, 4.69) is 77.0 Å². The third kappa shape index (κ3) is 5.80. The molecule has 114 valence electrons. The van der Waals surface area contributed by atoms with Crippen LogP contribution in [0.15, 0.2) is 11.8 Å². The van der Waals surface area contributed by atoms with Gasteiger partial charge >= 0.3 is 0 Å². The minimum Gasteiger partial charge on any atom is -0.283 e. The van der Waals surface area contributed by atoms with E-state index in [-0.39, 0.29) is 0 Å². The van der Waals surface area contributed by atoms with E-state index < -0.39 is 0 Å². The van der Waals surface area contributed by atoms with Crippen molar-refractivity contribution in [1.82, 2.24) is 9.80 Å². The third-order valence-corrected chi connectivity index (χ3v) is 4.13. The minimum atomic E-state index is 0.505. The van der Waals surface area contributed by atoms with Crippen molar-refractivity contribution in [2.75, 3.05) is 0 Å². The molecule has 0 aliphatic rings. The Labute approximate surface area is 124 Å². The van der Waals surface area contributed by atoms with Crippen molar-refractivity contribution in [2.45, 2.75) is 92.1 Å². The molecule has 0 saturated heterocycles. The van der Waals surface area contributed by atoms with E-state index in [9.17, 15) is 0 Å². The van der Waals surface area contributed by atoms with Gasteiger partial charge < -0.3 is 0 Å². The molecular formula is C16H36N2Si. The fourth-order valence-corrected chi connectivity index (χ4v) is 3.50. The van der Waals surface area contributed by atoms with Gasteiger partial charge in [-0.05, 0) is 61.8 Å². The molecule has 0 N–H and O–H groups in total. The molecule has 0 bridgehead atoms. The van der Waals surface area contributed by atoms with Gasteiger partial charge in [-0.1, -0.05) is 6.08 Å². The Morgan fingerprint density at radius 3 is 1.26 bits per heavy atom. The zero-order valence-corrected chi connectivity index (χ0v) is 16.6. The Bertz CT molecular complexity index is 223. The Hall–Kier alpha value is -0.123. The summed E-state index contributed by atoms with van der Waals surface area (Å²) >= 11 is 0. The van der Waals surface area contributed by atoms with E-state index in [4.69, 9.17) is 0 Å². The molecule has 0 unspecified atom stereocenters. The largest absolute Gasteiger partial charge is 0.283 e. The molecule has 0 rings (SSSR count). The van der Waals surface area contributed by atoms with Gasteiger partial charge in [-0.25, -0.2) is 0 Å². The number of rotatable bonds is 8. The minimum absolute atomic E-state index is 0.505. The van der Waals surface area contributed by atoms with Gasteiger partial charge in [-0.15, -0.1) is 5.70 Å². The highest BCUT2D eigenvalue weighted by Crippen LogP contribution is 2.22. The molecule has 0 amide bonds. The third-order valence-electron chi connectivity index (χ3n) is 3.66. The zero-order valence-electron chi connectivity index (χ0n) is 14.6. The van der Waals surface area contributed by atoms with Crippen LogP contribution in [0.25, 0.3) is 0 Å². The average Bonchev–Trinajstić information content (AvgIpc) is 2.23. The maximum atomic E-state index is 2.65. The molecule has 0 atom stereocenters. The summed E-state index contributed by atoms with van der Waals surface area (Å²) in [5.74, 6) is 0. The van der Waals surface area contributed by atoms with Crippen molar-refractivity contribution in [1.29, 1.82) is 0 Å². The first-order valence-electron chi connectivity index (χ1n) is 7.90. The highest BCUT2D eigenvalue weighted by atomic mass is 28.1. The van der Waals surface area contributed by atoms with E-state index in [1.807, 2.05) is 0 Å². The van der Waals surface area contributed by atoms with Gasteiger partial charge in [-0.3, -0.25) is 9.80 Å². The first kappa shape index (κ1) is 18.9. The molecule has 0 aromatic carbocycles. The first-order valence-corrected chi connectivity index (χ1v) is 9.05. The van der Waals surface area contributed by atoms with Gasteiger partial charge in [0, 0.05) is 34.4 Å². The summed E-state index contributed by atoms with van der Waals surface area (Å²) in [7, 11) is 1.15. The lowest BCUT2D eigenvalue weighted by Gasteiger charge is -2.47. The summed E-state index contributed by atoms with van der Waals surface area (Å²) < 4.78 is 0.